The van der Waals surface area contributed by atoms with Gasteiger partial charge in [-0.05, 0) is 91.8 Å². The van der Waals surface area contributed by atoms with Crippen molar-refractivity contribution in [2.45, 2.75) is 82.8 Å². The largest absolute Gasteiger partial charge is 0.363 e. The Morgan fingerprint density at radius 2 is 1.81 bits per heavy atom. The van der Waals surface area contributed by atoms with Crippen LogP contribution in [0.15, 0.2) is 78.3 Å². The number of anilines is 2. The Bertz CT molecular complexity index is 1480. The molecule has 1 amide bonds. The van der Waals surface area contributed by atoms with Crippen LogP contribution in [0.2, 0.25) is 0 Å². The Balaban J connectivity index is 1.69. The van der Waals surface area contributed by atoms with Crippen LogP contribution >= 0.6 is 10.7 Å². The first-order chi connectivity index (χ1) is 20.0. The predicted molar refractivity (Wildman–Crippen MR) is 178 cm³/mol. The second-order valence-corrected chi connectivity index (χ2v) is 15.0. The molecule has 3 aromatic rings. The number of rotatable bonds is 3. The first kappa shape index (κ1) is 30.0. The van der Waals surface area contributed by atoms with Gasteiger partial charge in [-0.3, -0.25) is 9.10 Å². The minimum Gasteiger partial charge on any atom is -0.363 e. The molecule has 0 aliphatic carbocycles. The lowest BCUT2D eigenvalue weighted by atomic mass is 9.90. The monoisotopic (exact) mass is 583 g/mol. The van der Waals surface area contributed by atoms with Gasteiger partial charge in [0.1, 0.15) is 16.7 Å². The fraction of sp³-hybridized carbons (Fsp3) is 0.429. The van der Waals surface area contributed by atoms with Gasteiger partial charge in [-0.2, -0.15) is 0 Å². The quantitative estimate of drug-likeness (QED) is 0.250. The standard InChI is InChI=1S/C35H45N5OS/c1-8-22-40-33(41)27-19-21-29(34(3,4)5)37-32(27)39-24-25(23-35(39,6)7)18-20-28(26-14-11-10-12-15-26)36-30-16-13-17-31(38-30)42(40)9-2/h8-17,19,21,25,28H,1,18,20,22-24H2,2-7H3,(H,36,38)/t25-,28?,42?/m0/s1. The van der Waals surface area contributed by atoms with Gasteiger partial charge >= 0.3 is 0 Å². The summed E-state index contributed by atoms with van der Waals surface area (Å²) in [7, 11) is -0.685. The molecule has 0 radical (unpaired) electrons. The van der Waals surface area contributed by atoms with E-state index in [1.54, 1.807) is 6.08 Å². The van der Waals surface area contributed by atoms with Gasteiger partial charge in [0.25, 0.3) is 5.91 Å². The van der Waals surface area contributed by atoms with Gasteiger partial charge in [-0.1, -0.05) is 63.2 Å². The van der Waals surface area contributed by atoms with Crippen molar-refractivity contribution < 1.29 is 4.79 Å². The van der Waals surface area contributed by atoms with Gasteiger partial charge in [-0.15, -0.1) is 6.58 Å². The highest BCUT2D eigenvalue weighted by Crippen LogP contribution is 2.42. The van der Waals surface area contributed by atoms with Crippen LogP contribution < -0.4 is 10.2 Å². The molecule has 1 aromatic carbocycles. The summed E-state index contributed by atoms with van der Waals surface area (Å²) in [5, 5.41) is 6.68. The summed E-state index contributed by atoms with van der Waals surface area (Å²) in [6, 6.07) is 20.9. The topological polar surface area (TPSA) is 61.4 Å². The van der Waals surface area contributed by atoms with Crippen molar-refractivity contribution in [3.8, 4) is 0 Å². The van der Waals surface area contributed by atoms with E-state index in [4.69, 9.17) is 9.97 Å². The highest BCUT2D eigenvalue weighted by Gasteiger charge is 2.41. The van der Waals surface area contributed by atoms with Crippen LogP contribution in [0.1, 0.15) is 88.5 Å². The van der Waals surface area contributed by atoms with E-state index in [1.807, 2.05) is 41.6 Å². The van der Waals surface area contributed by atoms with Crippen LogP contribution in [0.25, 0.3) is 0 Å². The molecular weight excluding hydrogens is 538 g/mol. The summed E-state index contributed by atoms with van der Waals surface area (Å²) in [6.07, 6.45) is 4.89. The number of aromatic nitrogens is 2. The predicted octanol–water partition coefficient (Wildman–Crippen LogP) is 8.02. The first-order valence-corrected chi connectivity index (χ1v) is 16.3. The number of hydrogen-bond acceptors (Lipinski definition) is 5. The van der Waals surface area contributed by atoms with E-state index < -0.39 is 10.7 Å². The van der Waals surface area contributed by atoms with Gasteiger partial charge in [0, 0.05) is 23.2 Å². The highest BCUT2D eigenvalue weighted by molar-refractivity contribution is 8.13. The number of amides is 1. The fourth-order valence-electron chi connectivity index (χ4n) is 6.26. The zero-order valence-electron chi connectivity index (χ0n) is 25.9. The summed E-state index contributed by atoms with van der Waals surface area (Å²) in [4.78, 5) is 27.3. The van der Waals surface area contributed by atoms with Crippen molar-refractivity contribution in [1.82, 2.24) is 14.3 Å². The number of pyridine rings is 2. The molecule has 4 bridgehead atoms. The maximum Gasteiger partial charge on any atom is 0.267 e. The first-order valence-electron chi connectivity index (χ1n) is 15.0. The van der Waals surface area contributed by atoms with Gasteiger partial charge in [0.05, 0.1) is 18.2 Å². The normalized spacial score (nSPS) is 22.6. The molecule has 1 N–H and O–H groups in total. The number of carbonyl (C=O) groups is 1. The Morgan fingerprint density at radius 3 is 2.50 bits per heavy atom. The molecule has 3 atom stereocenters. The van der Waals surface area contributed by atoms with E-state index >= 15 is 0 Å². The summed E-state index contributed by atoms with van der Waals surface area (Å²) < 4.78 is 1.89. The van der Waals surface area contributed by atoms with Crippen LogP contribution in [0, 0.1) is 5.92 Å². The summed E-state index contributed by atoms with van der Waals surface area (Å²) in [5.41, 5.74) is 2.62. The third kappa shape index (κ3) is 6.17. The molecule has 7 heteroatoms. The zero-order chi connectivity index (χ0) is 30.1. The molecule has 2 unspecified atom stereocenters. The molecule has 1 saturated heterocycles. The van der Waals surface area contributed by atoms with Gasteiger partial charge in [-0.25, -0.2) is 9.97 Å². The molecule has 42 heavy (non-hydrogen) atoms. The van der Waals surface area contributed by atoms with Crippen molar-refractivity contribution in [1.29, 1.82) is 0 Å². The summed E-state index contributed by atoms with van der Waals surface area (Å²) >= 11 is 0. The molecule has 6 nitrogen and oxygen atoms in total. The van der Waals surface area contributed by atoms with Crippen molar-refractivity contribution in [2.75, 3.05) is 23.3 Å². The van der Waals surface area contributed by atoms with E-state index in [2.05, 4.69) is 87.1 Å². The zero-order valence-corrected chi connectivity index (χ0v) is 26.7. The van der Waals surface area contributed by atoms with Gasteiger partial charge < -0.3 is 10.2 Å². The van der Waals surface area contributed by atoms with Gasteiger partial charge in [0.2, 0.25) is 0 Å². The van der Waals surface area contributed by atoms with Crippen molar-refractivity contribution in [3.05, 3.63) is 90.1 Å². The number of fused-ring (bicyclic) bond motifs is 6. The minimum atomic E-state index is -0.685. The Labute approximate surface area is 254 Å². The Kier molecular flexibility index (Phi) is 8.61. The SMILES string of the molecule is C=CCN1C(=O)c2ccc(C(C)(C)C)nc2N2C[C@@H](CCC(c3ccccc3)Nc3cccc(n3)/S1=C\C)CC2(C)C. The molecule has 4 heterocycles. The number of nitrogens with zero attached hydrogens (tertiary/aromatic N) is 4. The van der Waals surface area contributed by atoms with Crippen molar-refractivity contribution in [3.63, 3.8) is 0 Å². The van der Waals surface area contributed by atoms with Crippen LogP contribution in [-0.4, -0.2) is 44.2 Å². The lowest BCUT2D eigenvalue weighted by molar-refractivity contribution is 0.0880. The second kappa shape index (κ2) is 12.0. The number of carbonyl (C=O) groups excluding carboxylic acids is 1. The molecule has 0 spiro atoms. The van der Waals surface area contributed by atoms with Crippen LogP contribution in [-0.2, 0) is 5.41 Å². The summed E-state index contributed by atoms with van der Waals surface area (Å²) in [5.74, 6) is 2.05. The molecule has 5 rings (SSSR count). The lowest BCUT2D eigenvalue weighted by Gasteiger charge is -2.35. The van der Waals surface area contributed by atoms with Crippen LogP contribution in [0.3, 0.4) is 0 Å². The number of benzene rings is 1. The summed E-state index contributed by atoms with van der Waals surface area (Å²) in [6.45, 7) is 18.4. The molecule has 2 aliphatic heterocycles. The second-order valence-electron chi connectivity index (χ2n) is 13.1. The van der Waals surface area contributed by atoms with Gasteiger partial charge in [0.15, 0.2) is 0 Å². The fourth-order valence-corrected chi connectivity index (χ4v) is 7.93. The van der Waals surface area contributed by atoms with E-state index in [9.17, 15) is 4.79 Å². The Hall–Kier alpha value is -3.45. The van der Waals surface area contributed by atoms with Crippen molar-refractivity contribution >= 4 is 33.6 Å². The molecule has 222 valence electrons. The molecule has 2 aliphatic rings. The van der Waals surface area contributed by atoms with Crippen LogP contribution in [0.5, 0.6) is 0 Å². The lowest BCUT2D eigenvalue weighted by Crippen LogP contribution is -2.41. The molecule has 2 aromatic heterocycles. The minimum absolute atomic E-state index is 0.0456. The molecular formula is C35H45N5OS. The maximum absolute atomic E-state index is 14.6. The maximum atomic E-state index is 14.6. The smallest absolute Gasteiger partial charge is 0.267 e. The van der Waals surface area contributed by atoms with E-state index in [-0.39, 0.29) is 22.9 Å². The average Bonchev–Trinajstić information content (AvgIpc) is 3.28. The number of hydrogen-bond donors (Lipinski definition) is 1. The van der Waals surface area contributed by atoms with Crippen LogP contribution in [0.4, 0.5) is 11.6 Å². The third-order valence-corrected chi connectivity index (χ3v) is 10.3. The van der Waals surface area contributed by atoms with E-state index in [1.165, 1.54) is 5.56 Å². The van der Waals surface area contributed by atoms with Crippen molar-refractivity contribution in [2.24, 2.45) is 5.92 Å². The third-order valence-electron chi connectivity index (χ3n) is 8.40. The van der Waals surface area contributed by atoms with E-state index in [0.717, 1.165) is 48.2 Å². The average molecular weight is 584 g/mol. The number of nitrogens with one attached hydrogen (secondary N) is 1. The molecule has 1 fully saturated rings. The van der Waals surface area contributed by atoms with E-state index in [0.29, 0.717) is 18.0 Å². The highest BCUT2D eigenvalue weighted by atomic mass is 32.2. The Morgan fingerprint density at radius 1 is 1.05 bits per heavy atom. The molecule has 0 saturated carbocycles.